The molecule has 0 bridgehead atoms. The van der Waals surface area contributed by atoms with Crippen molar-refractivity contribution in [3.8, 4) is 5.75 Å². The molecule has 0 aliphatic carbocycles. The third-order valence-corrected chi connectivity index (χ3v) is 14.5. The maximum atomic E-state index is 8.12. The van der Waals surface area contributed by atoms with Crippen molar-refractivity contribution in [2.45, 2.75) is 6.17 Å². The minimum absolute atomic E-state index is 0. The first-order valence-corrected chi connectivity index (χ1v) is 16.2. The maximum absolute atomic E-state index is 8.12. The van der Waals surface area contributed by atoms with Crippen LogP contribution >= 0.6 is 17.2 Å². The van der Waals surface area contributed by atoms with Gasteiger partial charge in [0.05, 0.1) is 0 Å². The van der Waals surface area contributed by atoms with Gasteiger partial charge in [-0.15, -0.1) is 0 Å². The number of halogens is 2. The fourth-order valence-corrected chi connectivity index (χ4v) is 10.7. The number of hydrogen-bond acceptors (Lipinski definition) is 3. The Morgan fingerprint density at radius 3 is 1.73 bits per heavy atom. The molecule has 1 heterocycles. The Bertz CT molecular complexity index is 1380. The molecule has 4 aromatic carbocycles. The molecule has 5 rings (SSSR count). The third-order valence-electron chi connectivity index (χ3n) is 7.09. The van der Waals surface area contributed by atoms with Gasteiger partial charge < -0.3 is 17.0 Å². The summed E-state index contributed by atoms with van der Waals surface area (Å²) in [6.07, 6.45) is 0.364. The van der Waals surface area contributed by atoms with Crippen LogP contribution in [0.15, 0.2) is 120 Å². The fraction of sp³-hybridized carbons (Fsp3) is 0.161. The topological polar surface area (TPSA) is 74.7 Å². The van der Waals surface area contributed by atoms with Crippen LogP contribution in [0.3, 0.4) is 0 Å². The maximum Gasteiger partial charge on any atom is -1.00 e. The number of ether oxygens (including phenoxy) is 1. The van der Waals surface area contributed by atoms with Crippen LogP contribution in [0.4, 0.5) is 0 Å². The molecule has 1 aliphatic rings. The Balaban J connectivity index is 0.00000370. The second-order valence-electron chi connectivity index (χ2n) is 9.76. The minimum atomic E-state index is -3.37. The van der Waals surface area contributed by atoms with Crippen molar-refractivity contribution in [2.75, 3.05) is 26.9 Å². The van der Waals surface area contributed by atoms with Crippen LogP contribution in [0.25, 0.3) is 0 Å². The van der Waals surface area contributed by atoms with Crippen molar-refractivity contribution in [3.63, 3.8) is 0 Å². The molecule has 6 nitrogen and oxygen atoms in total. The molecular weight excluding hydrogens is 605 g/mol. The van der Waals surface area contributed by atoms with E-state index in [1.807, 2.05) is 61.1 Å². The van der Waals surface area contributed by atoms with Crippen molar-refractivity contribution >= 4 is 45.0 Å². The number of aliphatic imine (C=N–C) groups is 1. The third kappa shape index (κ3) is 5.73. The first kappa shape index (κ1) is 29.6. The molecule has 0 aromatic heterocycles. The van der Waals surface area contributed by atoms with Crippen LogP contribution in [-0.2, 0) is 0 Å². The Morgan fingerprint density at radius 2 is 1.27 bits per heavy atom. The first-order chi connectivity index (χ1) is 18.9. The number of benzene rings is 4. The van der Waals surface area contributed by atoms with Gasteiger partial charge in [-0.05, 0) is 0 Å². The van der Waals surface area contributed by atoms with Gasteiger partial charge in [0.1, 0.15) is 0 Å². The van der Waals surface area contributed by atoms with Crippen molar-refractivity contribution in [1.82, 2.24) is 10.6 Å². The molecule has 0 saturated heterocycles. The first-order valence-electron chi connectivity index (χ1n) is 12.9. The van der Waals surface area contributed by atoms with Crippen molar-refractivity contribution in [2.24, 2.45) is 10.7 Å². The zero-order chi connectivity index (χ0) is 27.3. The molecule has 9 heteroatoms. The van der Waals surface area contributed by atoms with E-state index in [2.05, 4.69) is 88.4 Å². The number of nitrogens with one attached hydrogen (secondary N) is 2. The van der Waals surface area contributed by atoms with Crippen LogP contribution in [0.5, 0.6) is 5.75 Å². The van der Waals surface area contributed by atoms with Crippen molar-refractivity contribution in [1.29, 1.82) is 0 Å². The Kier molecular flexibility index (Phi) is 9.19. The summed E-state index contributed by atoms with van der Waals surface area (Å²) in [6, 6.07) is 39.3. The molecule has 40 heavy (non-hydrogen) atoms. The normalized spacial score (nSPS) is 15.8. The van der Waals surface area contributed by atoms with Gasteiger partial charge in [0.25, 0.3) is 0 Å². The van der Waals surface area contributed by atoms with Gasteiger partial charge in [-0.2, -0.15) is 0 Å². The number of rotatable bonds is 8. The van der Waals surface area contributed by atoms with Gasteiger partial charge in [0, 0.05) is 0 Å². The number of hydrogen-bond donors (Lipinski definition) is 3. The summed E-state index contributed by atoms with van der Waals surface area (Å²) in [4.78, 5) is 4.49. The summed E-state index contributed by atoms with van der Waals surface area (Å²) in [7, 11) is 3.88. The molecule has 0 amide bonds. The summed E-state index contributed by atoms with van der Waals surface area (Å²) in [5.41, 5.74) is 6.99. The largest absolute Gasteiger partial charge is 1.00 e. The van der Waals surface area contributed by atoms with Gasteiger partial charge in [-0.1, -0.05) is 0 Å². The molecule has 0 saturated carbocycles. The van der Waals surface area contributed by atoms with Crippen LogP contribution in [0.2, 0.25) is 0 Å². The van der Waals surface area contributed by atoms with Gasteiger partial charge in [0.15, 0.2) is 0 Å². The van der Waals surface area contributed by atoms with Gasteiger partial charge in [0.2, 0.25) is 0 Å². The second kappa shape index (κ2) is 12.4. The van der Waals surface area contributed by atoms with Gasteiger partial charge >= 0.3 is 235 Å². The molecule has 4 aromatic rings. The monoisotopic (exact) mass is 637 g/mol. The molecule has 0 fully saturated rings. The molecule has 0 spiro atoms. The Labute approximate surface area is 251 Å². The Hall–Kier alpha value is -3.38. The van der Waals surface area contributed by atoms with Gasteiger partial charge in [-0.25, -0.2) is 0 Å². The SMILES string of the molecule is C[N+](C)=C1NC(N)=NC(c2ccc(OCCP(Cl)(c3ccccc3)(c3ccccc3)c3ccccc3)cc2)N1.[Br-]. The summed E-state index contributed by atoms with van der Waals surface area (Å²) in [6.45, 7) is 0.453. The van der Waals surface area contributed by atoms with E-state index in [1.54, 1.807) is 0 Å². The van der Waals surface area contributed by atoms with E-state index in [4.69, 9.17) is 21.7 Å². The van der Waals surface area contributed by atoms with Crippen LogP contribution in [0.1, 0.15) is 11.7 Å². The van der Waals surface area contributed by atoms with E-state index in [1.165, 1.54) is 0 Å². The molecule has 1 unspecified atom stereocenters. The molecule has 0 radical (unpaired) electrons. The zero-order valence-electron chi connectivity index (χ0n) is 22.5. The standard InChI is InChI=1S/C31H33ClN5OP.BrH/c1-37(2)31-35-29(34-30(33)36-31)24-18-20-25(21-19-24)38-22-23-39(32,26-12-6-3-7-13-26,27-14-8-4-9-15-27)28-16-10-5-11-17-28;/h3-21,29H,22-23H2,1-2H3,(H3,33,34,35,36);1H. The smallest absolute Gasteiger partial charge is 1.00 e. The minimum Gasteiger partial charge on any atom is -1.00 e. The van der Waals surface area contributed by atoms with Crippen LogP contribution in [0, 0.1) is 0 Å². The molecular formula is C31H34BrClN5OP. The fourth-order valence-electron chi connectivity index (χ4n) is 5.02. The van der Waals surface area contributed by atoms with E-state index < -0.39 is 5.96 Å². The second-order valence-corrected chi connectivity index (χ2v) is 16.4. The molecule has 208 valence electrons. The summed E-state index contributed by atoms with van der Waals surface area (Å²) in [5, 5.41) is 9.77. The van der Waals surface area contributed by atoms with Crippen molar-refractivity contribution < 1.29 is 26.3 Å². The van der Waals surface area contributed by atoms with E-state index in [0.717, 1.165) is 33.2 Å². The zero-order valence-corrected chi connectivity index (χ0v) is 25.8. The van der Waals surface area contributed by atoms with E-state index in [9.17, 15) is 0 Å². The quantitative estimate of drug-likeness (QED) is 0.198. The van der Waals surface area contributed by atoms with Crippen LogP contribution in [-0.4, -0.2) is 43.4 Å². The summed E-state index contributed by atoms with van der Waals surface area (Å²) in [5.74, 6) is -1.42. The summed E-state index contributed by atoms with van der Waals surface area (Å²) < 4.78 is 8.28. The van der Waals surface area contributed by atoms with Crippen LogP contribution < -0.4 is 54.0 Å². The van der Waals surface area contributed by atoms with E-state index >= 15 is 0 Å². The molecule has 1 atom stereocenters. The average Bonchev–Trinajstić information content (AvgIpc) is 2.98. The Morgan fingerprint density at radius 1 is 0.800 bits per heavy atom. The van der Waals surface area contributed by atoms with E-state index in [0.29, 0.717) is 18.7 Å². The average molecular weight is 639 g/mol. The van der Waals surface area contributed by atoms with E-state index in [-0.39, 0.29) is 23.1 Å². The number of guanidine groups is 2. The molecule has 4 N–H and O–H groups in total. The number of nitrogens with two attached hydrogens (primary N) is 1. The predicted molar refractivity (Wildman–Crippen MR) is 166 cm³/mol. The van der Waals surface area contributed by atoms with Crippen molar-refractivity contribution in [3.05, 3.63) is 121 Å². The predicted octanol–water partition coefficient (Wildman–Crippen LogP) is 0.887. The van der Waals surface area contributed by atoms with Gasteiger partial charge in [-0.3, -0.25) is 0 Å². The molecule has 1 aliphatic heterocycles. The number of nitrogens with zero attached hydrogens (tertiary/aromatic N) is 2. The summed E-state index contributed by atoms with van der Waals surface area (Å²) >= 11 is 8.12.